The largest absolute Gasteiger partial charge is 0.359 e. The van der Waals surface area contributed by atoms with E-state index in [4.69, 9.17) is 4.98 Å². The summed E-state index contributed by atoms with van der Waals surface area (Å²) in [6, 6.07) is 5.03. The van der Waals surface area contributed by atoms with Gasteiger partial charge in [-0.2, -0.15) is 0 Å². The Labute approximate surface area is 112 Å². The monoisotopic (exact) mass is 260 g/mol. The predicted molar refractivity (Wildman–Crippen MR) is 79.6 cm³/mol. The zero-order valence-electron chi connectivity index (χ0n) is 11.1. The number of fused-ring (bicyclic) bond motifs is 1. The Kier molecular flexibility index (Phi) is 3.25. The highest BCUT2D eigenvalue weighted by Gasteiger charge is 2.15. The molecule has 1 aromatic heterocycles. The number of nitrogens with zero attached hydrogens (tertiary/aromatic N) is 1. The molecule has 2 aromatic rings. The van der Waals surface area contributed by atoms with Gasteiger partial charge in [0.15, 0.2) is 5.13 Å². The van der Waals surface area contributed by atoms with Gasteiger partial charge in [-0.05, 0) is 43.9 Å². The number of aryl methyl sites for hydroxylation is 2. The van der Waals surface area contributed by atoms with Crippen LogP contribution in [0.1, 0.15) is 43.2 Å². The molecule has 0 saturated heterocycles. The summed E-state index contributed by atoms with van der Waals surface area (Å²) < 4.78 is 1.30. The van der Waals surface area contributed by atoms with Crippen LogP contribution in [0.4, 0.5) is 5.13 Å². The van der Waals surface area contributed by atoms with Crippen molar-refractivity contribution in [2.24, 2.45) is 0 Å². The van der Waals surface area contributed by atoms with Crippen LogP contribution < -0.4 is 5.32 Å². The molecular formula is C15H20N2S. The molecule has 96 valence electrons. The second kappa shape index (κ2) is 4.88. The van der Waals surface area contributed by atoms with Crippen molar-refractivity contribution in [2.45, 2.75) is 52.0 Å². The molecular weight excluding hydrogens is 240 g/mol. The van der Waals surface area contributed by atoms with Gasteiger partial charge < -0.3 is 5.32 Å². The van der Waals surface area contributed by atoms with Crippen LogP contribution in [0, 0.1) is 13.8 Å². The average Bonchev–Trinajstić information content (AvgIpc) is 2.79. The van der Waals surface area contributed by atoms with E-state index in [0.717, 1.165) is 5.13 Å². The minimum atomic E-state index is 0.640. The number of benzene rings is 1. The van der Waals surface area contributed by atoms with E-state index in [-0.39, 0.29) is 0 Å². The number of anilines is 1. The number of nitrogens with one attached hydrogen (secondary N) is 1. The van der Waals surface area contributed by atoms with Crippen molar-refractivity contribution >= 4 is 26.7 Å². The fourth-order valence-corrected chi connectivity index (χ4v) is 3.71. The molecule has 0 unspecified atom stereocenters. The van der Waals surface area contributed by atoms with Gasteiger partial charge in [0.05, 0.1) is 10.2 Å². The lowest BCUT2D eigenvalue weighted by atomic mass is 9.96. The van der Waals surface area contributed by atoms with Crippen molar-refractivity contribution in [3.63, 3.8) is 0 Å². The smallest absolute Gasteiger partial charge is 0.184 e. The number of hydrogen-bond acceptors (Lipinski definition) is 3. The molecule has 1 N–H and O–H groups in total. The van der Waals surface area contributed by atoms with Crippen LogP contribution in [0.3, 0.4) is 0 Å². The van der Waals surface area contributed by atoms with E-state index in [1.807, 2.05) is 0 Å². The van der Waals surface area contributed by atoms with E-state index in [1.54, 1.807) is 11.3 Å². The summed E-state index contributed by atoms with van der Waals surface area (Å²) in [6.45, 7) is 4.32. The Hall–Kier alpha value is -1.09. The van der Waals surface area contributed by atoms with Gasteiger partial charge in [-0.3, -0.25) is 0 Å². The van der Waals surface area contributed by atoms with Gasteiger partial charge in [0.25, 0.3) is 0 Å². The van der Waals surface area contributed by atoms with Crippen LogP contribution in [0.25, 0.3) is 10.2 Å². The van der Waals surface area contributed by atoms with Gasteiger partial charge >= 0.3 is 0 Å². The van der Waals surface area contributed by atoms with Crippen LogP contribution >= 0.6 is 11.3 Å². The Balaban J connectivity index is 1.86. The van der Waals surface area contributed by atoms with Gasteiger partial charge in [-0.1, -0.05) is 36.7 Å². The van der Waals surface area contributed by atoms with Crippen molar-refractivity contribution in [3.05, 3.63) is 23.3 Å². The third-order valence-corrected chi connectivity index (χ3v) is 4.97. The number of hydrogen-bond donors (Lipinski definition) is 1. The third-order valence-electron chi connectivity index (χ3n) is 4.02. The maximum Gasteiger partial charge on any atom is 0.184 e. The summed E-state index contributed by atoms with van der Waals surface area (Å²) in [5, 5.41) is 4.73. The number of rotatable bonds is 2. The van der Waals surface area contributed by atoms with Gasteiger partial charge in [0.2, 0.25) is 0 Å². The molecule has 0 radical (unpaired) electrons. The van der Waals surface area contributed by atoms with Crippen molar-refractivity contribution in [1.82, 2.24) is 4.98 Å². The molecule has 0 bridgehead atoms. The summed E-state index contributed by atoms with van der Waals surface area (Å²) in [5.41, 5.74) is 3.83. The molecule has 0 spiro atoms. The zero-order valence-corrected chi connectivity index (χ0v) is 11.9. The van der Waals surface area contributed by atoms with E-state index in [1.165, 1.54) is 53.4 Å². The first-order valence-corrected chi connectivity index (χ1v) is 7.69. The Bertz CT molecular complexity index is 553. The lowest BCUT2D eigenvalue weighted by Crippen LogP contribution is -2.21. The highest BCUT2D eigenvalue weighted by Crippen LogP contribution is 2.31. The molecule has 0 amide bonds. The molecule has 1 heterocycles. The molecule has 1 aliphatic carbocycles. The second-order valence-electron chi connectivity index (χ2n) is 5.35. The topological polar surface area (TPSA) is 24.9 Å². The van der Waals surface area contributed by atoms with Crippen LogP contribution in [0.5, 0.6) is 0 Å². The molecule has 2 nitrogen and oxygen atoms in total. The normalized spacial score (nSPS) is 17.2. The quantitative estimate of drug-likeness (QED) is 0.849. The predicted octanol–water partition coefficient (Wildman–Crippen LogP) is 4.66. The van der Waals surface area contributed by atoms with Gasteiger partial charge in [0, 0.05) is 6.04 Å². The highest BCUT2D eigenvalue weighted by atomic mass is 32.1. The molecule has 1 aliphatic rings. The van der Waals surface area contributed by atoms with Gasteiger partial charge in [0.1, 0.15) is 0 Å². The SMILES string of the molecule is Cc1ccc2sc(NC3CCCCC3)nc2c1C. The standard InChI is InChI=1S/C15H20N2S/c1-10-8-9-13-14(11(10)2)17-15(18-13)16-12-6-4-3-5-7-12/h8-9,12H,3-7H2,1-2H3,(H,16,17). The molecule has 3 heteroatoms. The third kappa shape index (κ3) is 2.24. The fourth-order valence-electron chi connectivity index (χ4n) is 2.71. The molecule has 1 aromatic carbocycles. The molecule has 0 aliphatic heterocycles. The first-order valence-electron chi connectivity index (χ1n) is 6.87. The summed E-state index contributed by atoms with van der Waals surface area (Å²) in [4.78, 5) is 4.77. The minimum Gasteiger partial charge on any atom is -0.359 e. The highest BCUT2D eigenvalue weighted by molar-refractivity contribution is 7.22. The lowest BCUT2D eigenvalue weighted by Gasteiger charge is -2.22. The van der Waals surface area contributed by atoms with Crippen LogP contribution in [-0.2, 0) is 0 Å². The Morgan fingerprint density at radius 3 is 2.72 bits per heavy atom. The first-order chi connectivity index (χ1) is 8.74. The van der Waals surface area contributed by atoms with Crippen molar-refractivity contribution in [1.29, 1.82) is 0 Å². The molecule has 1 saturated carbocycles. The van der Waals surface area contributed by atoms with E-state index < -0.39 is 0 Å². The average molecular weight is 260 g/mol. The van der Waals surface area contributed by atoms with Crippen molar-refractivity contribution < 1.29 is 0 Å². The summed E-state index contributed by atoms with van der Waals surface area (Å²) in [7, 11) is 0. The van der Waals surface area contributed by atoms with Crippen LogP contribution in [0.15, 0.2) is 12.1 Å². The Morgan fingerprint density at radius 1 is 1.17 bits per heavy atom. The van der Waals surface area contributed by atoms with Gasteiger partial charge in [-0.25, -0.2) is 4.98 Å². The number of thiazole rings is 1. The van der Waals surface area contributed by atoms with Crippen LogP contribution in [-0.4, -0.2) is 11.0 Å². The lowest BCUT2D eigenvalue weighted by molar-refractivity contribution is 0.462. The molecule has 3 rings (SSSR count). The Morgan fingerprint density at radius 2 is 1.94 bits per heavy atom. The summed E-state index contributed by atoms with van der Waals surface area (Å²) in [5.74, 6) is 0. The van der Waals surface area contributed by atoms with E-state index in [0.29, 0.717) is 6.04 Å². The maximum absolute atomic E-state index is 4.77. The fraction of sp³-hybridized carbons (Fsp3) is 0.533. The van der Waals surface area contributed by atoms with E-state index >= 15 is 0 Å². The van der Waals surface area contributed by atoms with Crippen LogP contribution in [0.2, 0.25) is 0 Å². The zero-order chi connectivity index (χ0) is 12.5. The minimum absolute atomic E-state index is 0.640. The van der Waals surface area contributed by atoms with Crippen molar-refractivity contribution in [2.75, 3.05) is 5.32 Å². The van der Waals surface area contributed by atoms with Crippen molar-refractivity contribution in [3.8, 4) is 0 Å². The van der Waals surface area contributed by atoms with E-state index in [2.05, 4.69) is 31.3 Å². The summed E-state index contributed by atoms with van der Waals surface area (Å²) in [6.07, 6.45) is 6.72. The molecule has 1 fully saturated rings. The molecule has 0 atom stereocenters. The van der Waals surface area contributed by atoms with Gasteiger partial charge in [-0.15, -0.1) is 0 Å². The molecule has 18 heavy (non-hydrogen) atoms. The second-order valence-corrected chi connectivity index (χ2v) is 6.38. The van der Waals surface area contributed by atoms with E-state index in [9.17, 15) is 0 Å². The summed E-state index contributed by atoms with van der Waals surface area (Å²) >= 11 is 1.79. The first kappa shape index (κ1) is 12.0. The maximum atomic E-state index is 4.77. The number of aromatic nitrogens is 1.